The predicted octanol–water partition coefficient (Wildman–Crippen LogP) is 2.67. The second kappa shape index (κ2) is 3.70. The first-order valence-corrected chi connectivity index (χ1v) is 5.48. The van der Waals surface area contributed by atoms with Crippen LogP contribution in [-0.2, 0) is 0 Å². The Labute approximate surface area is 103 Å². The molecule has 4 nitrogen and oxygen atoms in total. The molecule has 18 heavy (non-hydrogen) atoms. The molecule has 2 aromatic carbocycles. The number of nitrogens with zero attached hydrogens (tertiary/aromatic N) is 1. The summed E-state index contributed by atoms with van der Waals surface area (Å²) in [5, 5.41) is 10.7. The van der Waals surface area contributed by atoms with E-state index in [1.54, 1.807) is 12.1 Å². The molecule has 88 valence electrons. The van der Waals surface area contributed by atoms with Crippen molar-refractivity contribution in [3.63, 3.8) is 0 Å². The number of fused-ring (bicyclic) bond motifs is 2. The van der Waals surface area contributed by atoms with Crippen LogP contribution in [0.3, 0.4) is 0 Å². The highest BCUT2D eigenvalue weighted by atomic mass is 16.4. The van der Waals surface area contributed by atoms with Crippen LogP contribution in [0.4, 0.5) is 5.69 Å². The van der Waals surface area contributed by atoms with Crippen molar-refractivity contribution in [1.82, 2.24) is 4.98 Å². The Morgan fingerprint density at radius 1 is 1.06 bits per heavy atom. The van der Waals surface area contributed by atoms with E-state index in [2.05, 4.69) is 4.98 Å². The zero-order valence-electron chi connectivity index (χ0n) is 9.42. The van der Waals surface area contributed by atoms with Crippen molar-refractivity contribution in [1.29, 1.82) is 0 Å². The van der Waals surface area contributed by atoms with Crippen molar-refractivity contribution in [2.45, 2.75) is 0 Å². The smallest absolute Gasteiger partial charge is 0.337 e. The molecule has 0 radical (unpaired) electrons. The van der Waals surface area contributed by atoms with E-state index < -0.39 is 5.97 Å². The molecule has 3 N–H and O–H groups in total. The third-order valence-corrected chi connectivity index (χ3v) is 2.98. The molecule has 0 fully saturated rings. The van der Waals surface area contributed by atoms with Gasteiger partial charge in [-0.05, 0) is 12.1 Å². The number of rotatable bonds is 1. The van der Waals surface area contributed by atoms with Gasteiger partial charge < -0.3 is 10.8 Å². The van der Waals surface area contributed by atoms with Crippen molar-refractivity contribution in [2.75, 3.05) is 5.73 Å². The number of aromatic nitrogens is 1. The lowest BCUT2D eigenvalue weighted by atomic mass is 10.0. The number of nitrogens with two attached hydrogens (primary N) is 1. The highest BCUT2D eigenvalue weighted by Crippen LogP contribution is 2.29. The van der Waals surface area contributed by atoms with Crippen LogP contribution in [0.25, 0.3) is 21.8 Å². The van der Waals surface area contributed by atoms with Gasteiger partial charge in [-0.1, -0.05) is 30.3 Å². The van der Waals surface area contributed by atoms with Gasteiger partial charge in [0, 0.05) is 10.8 Å². The molecule has 0 aliphatic rings. The van der Waals surface area contributed by atoms with Crippen molar-refractivity contribution in [3.8, 4) is 0 Å². The van der Waals surface area contributed by atoms with Crippen LogP contribution < -0.4 is 5.73 Å². The largest absolute Gasteiger partial charge is 0.478 e. The van der Waals surface area contributed by atoms with Crippen LogP contribution in [0.1, 0.15) is 10.4 Å². The molecular formula is C14H10N2O2. The lowest BCUT2D eigenvalue weighted by Crippen LogP contribution is -2.01. The third kappa shape index (κ3) is 1.39. The molecule has 0 aliphatic heterocycles. The van der Waals surface area contributed by atoms with Crippen molar-refractivity contribution >= 4 is 33.5 Å². The van der Waals surface area contributed by atoms with Crippen molar-refractivity contribution < 1.29 is 9.90 Å². The summed E-state index contributed by atoms with van der Waals surface area (Å²) in [6.07, 6.45) is 0. The monoisotopic (exact) mass is 238 g/mol. The fourth-order valence-electron chi connectivity index (χ4n) is 2.12. The van der Waals surface area contributed by atoms with E-state index in [0.717, 1.165) is 5.39 Å². The summed E-state index contributed by atoms with van der Waals surface area (Å²) in [6, 6.07) is 12.4. The molecule has 0 amide bonds. The van der Waals surface area contributed by atoms with Crippen LogP contribution in [-0.4, -0.2) is 16.1 Å². The quantitative estimate of drug-likeness (QED) is 0.639. The van der Waals surface area contributed by atoms with Gasteiger partial charge in [-0.15, -0.1) is 0 Å². The maximum atomic E-state index is 11.2. The van der Waals surface area contributed by atoms with Crippen LogP contribution >= 0.6 is 0 Å². The number of carboxylic acid groups (broad SMARTS) is 1. The molecule has 0 unspecified atom stereocenters. The summed E-state index contributed by atoms with van der Waals surface area (Å²) in [5.41, 5.74) is 7.97. The van der Waals surface area contributed by atoms with Crippen molar-refractivity contribution in [3.05, 3.63) is 48.0 Å². The Bertz CT molecular complexity index is 781. The number of anilines is 1. The highest BCUT2D eigenvalue weighted by molar-refractivity contribution is 6.12. The summed E-state index contributed by atoms with van der Waals surface area (Å²) in [4.78, 5) is 15.6. The Hall–Kier alpha value is -2.62. The van der Waals surface area contributed by atoms with Crippen molar-refractivity contribution in [2.24, 2.45) is 0 Å². The van der Waals surface area contributed by atoms with Gasteiger partial charge in [0.1, 0.15) is 0 Å². The first-order valence-electron chi connectivity index (χ1n) is 5.48. The summed E-state index contributed by atoms with van der Waals surface area (Å²) >= 11 is 0. The molecule has 0 atom stereocenters. The van der Waals surface area contributed by atoms with E-state index in [9.17, 15) is 4.79 Å². The minimum Gasteiger partial charge on any atom is -0.478 e. The topological polar surface area (TPSA) is 76.2 Å². The molecule has 0 aliphatic carbocycles. The number of nitrogen functional groups attached to an aromatic ring is 1. The highest BCUT2D eigenvalue weighted by Gasteiger charge is 2.13. The molecule has 0 bridgehead atoms. The normalized spacial score (nSPS) is 10.9. The Morgan fingerprint density at radius 2 is 1.78 bits per heavy atom. The van der Waals surface area contributed by atoms with E-state index >= 15 is 0 Å². The predicted molar refractivity (Wildman–Crippen MR) is 70.6 cm³/mol. The first kappa shape index (κ1) is 10.5. The number of para-hydroxylation sites is 2. The molecule has 4 heteroatoms. The fourth-order valence-corrected chi connectivity index (χ4v) is 2.12. The van der Waals surface area contributed by atoms with Gasteiger partial charge in [0.05, 0.1) is 22.3 Å². The van der Waals surface area contributed by atoms with Gasteiger partial charge >= 0.3 is 5.97 Å². The third-order valence-electron chi connectivity index (χ3n) is 2.98. The second-order valence-electron chi connectivity index (χ2n) is 4.05. The van der Waals surface area contributed by atoms with Gasteiger partial charge in [-0.3, -0.25) is 0 Å². The van der Waals surface area contributed by atoms with Crippen LogP contribution in [0.2, 0.25) is 0 Å². The van der Waals surface area contributed by atoms with Gasteiger partial charge in [0.2, 0.25) is 0 Å². The summed E-state index contributed by atoms with van der Waals surface area (Å²) in [6.45, 7) is 0. The average Bonchev–Trinajstić information content (AvgIpc) is 2.38. The molecule has 1 aromatic heterocycles. The summed E-state index contributed by atoms with van der Waals surface area (Å²) in [5.74, 6) is -0.997. The number of carbonyl (C=O) groups is 1. The van der Waals surface area contributed by atoms with Crippen LogP contribution in [0.5, 0.6) is 0 Å². The molecular weight excluding hydrogens is 228 g/mol. The molecule has 1 heterocycles. The standard InChI is InChI=1S/C14H10N2O2/c15-12-8-4-1-2-7-11(8)16-13-9(12)5-3-6-10(13)14(17)18/h1-7H,(H2,15,16)(H,17,18). The Morgan fingerprint density at radius 3 is 2.56 bits per heavy atom. The SMILES string of the molecule is Nc1c2ccccc2nc2c(C(=O)O)cccc12. The van der Waals surface area contributed by atoms with Gasteiger partial charge in [-0.25, -0.2) is 9.78 Å². The number of aromatic carboxylic acids is 1. The summed E-state index contributed by atoms with van der Waals surface area (Å²) < 4.78 is 0. The number of carboxylic acids is 1. The number of hydrogen-bond acceptors (Lipinski definition) is 3. The van der Waals surface area contributed by atoms with Crippen LogP contribution in [0, 0.1) is 0 Å². The minimum absolute atomic E-state index is 0.171. The van der Waals surface area contributed by atoms with Gasteiger partial charge in [0.15, 0.2) is 0 Å². The molecule has 3 rings (SSSR count). The molecule has 3 aromatic rings. The molecule has 0 saturated carbocycles. The van der Waals surface area contributed by atoms with Crippen LogP contribution in [0.15, 0.2) is 42.5 Å². The maximum Gasteiger partial charge on any atom is 0.337 e. The van der Waals surface area contributed by atoms with E-state index in [1.165, 1.54) is 6.07 Å². The van der Waals surface area contributed by atoms with Gasteiger partial charge in [0.25, 0.3) is 0 Å². The first-order chi connectivity index (χ1) is 8.68. The fraction of sp³-hybridized carbons (Fsp3) is 0. The number of benzene rings is 2. The summed E-state index contributed by atoms with van der Waals surface area (Å²) in [7, 11) is 0. The number of hydrogen-bond donors (Lipinski definition) is 2. The second-order valence-corrected chi connectivity index (χ2v) is 4.05. The van der Waals surface area contributed by atoms with Gasteiger partial charge in [-0.2, -0.15) is 0 Å². The average molecular weight is 238 g/mol. The Balaban J connectivity index is 2.55. The van der Waals surface area contributed by atoms with E-state index in [-0.39, 0.29) is 5.56 Å². The van der Waals surface area contributed by atoms with E-state index in [4.69, 9.17) is 10.8 Å². The zero-order chi connectivity index (χ0) is 12.7. The molecule has 0 saturated heterocycles. The number of pyridine rings is 1. The lowest BCUT2D eigenvalue weighted by Gasteiger charge is -2.08. The zero-order valence-corrected chi connectivity index (χ0v) is 9.42. The minimum atomic E-state index is -0.997. The maximum absolute atomic E-state index is 11.2. The van der Waals surface area contributed by atoms with E-state index in [0.29, 0.717) is 22.1 Å². The molecule has 0 spiro atoms. The Kier molecular flexibility index (Phi) is 2.16. The van der Waals surface area contributed by atoms with E-state index in [1.807, 2.05) is 24.3 Å². The lowest BCUT2D eigenvalue weighted by molar-refractivity contribution is 0.0699.